The van der Waals surface area contributed by atoms with Crippen LogP contribution in [-0.2, 0) is 6.42 Å². The molecule has 0 bridgehead atoms. The van der Waals surface area contributed by atoms with E-state index in [2.05, 4.69) is 20.3 Å². The summed E-state index contributed by atoms with van der Waals surface area (Å²) in [5.74, 6) is -1.09. The Morgan fingerprint density at radius 3 is 2.77 bits per heavy atom. The van der Waals surface area contributed by atoms with Crippen LogP contribution in [0.1, 0.15) is 16.5 Å². The van der Waals surface area contributed by atoms with Gasteiger partial charge in [0.15, 0.2) is 0 Å². The number of alkyl halides is 1. The van der Waals surface area contributed by atoms with Crippen LogP contribution >= 0.6 is 23.2 Å². The maximum Gasteiger partial charge on any atom is 0.202 e. The van der Waals surface area contributed by atoms with Gasteiger partial charge in [0.05, 0.1) is 5.02 Å². The topological polar surface area (TPSA) is 79.1 Å². The van der Waals surface area contributed by atoms with Gasteiger partial charge in [0, 0.05) is 36.6 Å². The van der Waals surface area contributed by atoms with Crippen LogP contribution in [0, 0.1) is 0 Å². The lowest BCUT2D eigenvalue weighted by Gasteiger charge is -2.33. The Bertz CT molecular complexity index is 996. The summed E-state index contributed by atoms with van der Waals surface area (Å²) >= 11 is 12.6. The van der Waals surface area contributed by atoms with Crippen molar-refractivity contribution >= 4 is 40.4 Å². The quantitative estimate of drug-likeness (QED) is 0.595. The molecule has 0 fully saturated rings. The van der Waals surface area contributed by atoms with Gasteiger partial charge in [-0.05, 0) is 22.8 Å². The second-order valence-corrected chi connectivity index (χ2v) is 7.13. The fourth-order valence-corrected chi connectivity index (χ4v) is 3.41. The van der Waals surface area contributed by atoms with Gasteiger partial charge < -0.3 is 10.3 Å². The lowest BCUT2D eigenvalue weighted by molar-refractivity contribution is 0.378. The maximum absolute atomic E-state index is 6.55. The summed E-state index contributed by atoms with van der Waals surface area (Å²) in [5.41, 5.74) is 10.2. The first-order valence-electron chi connectivity index (χ1n) is 8.16. The third-order valence-electron chi connectivity index (χ3n) is 4.39. The number of aliphatic imine (C=N–C) groups is 1. The summed E-state index contributed by atoms with van der Waals surface area (Å²) < 4.78 is 0. The second-order valence-electron chi connectivity index (χ2n) is 6.26. The first-order valence-corrected chi connectivity index (χ1v) is 8.98. The third kappa shape index (κ3) is 3.21. The van der Waals surface area contributed by atoms with E-state index in [1.165, 1.54) is 0 Å². The maximum atomic E-state index is 6.55. The van der Waals surface area contributed by atoms with Crippen molar-refractivity contribution in [2.24, 2.45) is 10.7 Å². The Balaban J connectivity index is 1.53. The number of H-pyrrole nitrogens is 1. The molecule has 0 saturated heterocycles. The first-order chi connectivity index (χ1) is 12.5. The van der Waals surface area contributed by atoms with Gasteiger partial charge in [0.2, 0.25) is 5.79 Å². The van der Waals surface area contributed by atoms with Crippen LogP contribution in [0.25, 0.3) is 11.0 Å². The minimum absolute atomic E-state index is 0.492. The van der Waals surface area contributed by atoms with E-state index in [-0.39, 0.29) is 0 Å². The summed E-state index contributed by atoms with van der Waals surface area (Å²) in [6, 6.07) is 11.6. The number of aromatic nitrogens is 2. The van der Waals surface area contributed by atoms with Crippen molar-refractivity contribution < 1.29 is 0 Å². The molecule has 2 unspecified atom stereocenters. The number of aromatic amines is 1. The lowest BCUT2D eigenvalue weighted by atomic mass is 10.0. The Hall–Kier alpha value is -2.34. The van der Waals surface area contributed by atoms with E-state index < -0.39 is 11.2 Å². The van der Waals surface area contributed by atoms with Crippen LogP contribution in [0.4, 0.5) is 0 Å². The van der Waals surface area contributed by atoms with Crippen molar-refractivity contribution in [1.82, 2.24) is 15.3 Å². The highest BCUT2D eigenvalue weighted by Gasteiger charge is 2.34. The van der Waals surface area contributed by atoms with E-state index >= 15 is 0 Å². The minimum Gasteiger partial charge on any atom is -0.354 e. The van der Waals surface area contributed by atoms with Crippen LogP contribution in [-0.4, -0.2) is 22.0 Å². The summed E-state index contributed by atoms with van der Waals surface area (Å²) in [6.45, 7) is 0. The van der Waals surface area contributed by atoms with Crippen molar-refractivity contribution in [2.75, 3.05) is 0 Å². The molecule has 4 rings (SSSR count). The average Bonchev–Trinajstić information content (AvgIpc) is 3.06. The molecule has 0 aliphatic carbocycles. The summed E-state index contributed by atoms with van der Waals surface area (Å²) in [4.78, 5) is 11.9. The van der Waals surface area contributed by atoms with Gasteiger partial charge in [0.1, 0.15) is 11.0 Å². The van der Waals surface area contributed by atoms with E-state index in [4.69, 9.17) is 28.9 Å². The molecule has 1 aliphatic heterocycles. The smallest absolute Gasteiger partial charge is 0.202 e. The zero-order chi connectivity index (χ0) is 18.1. The molecule has 3 heterocycles. The second kappa shape index (κ2) is 6.76. The number of halogens is 2. The molecule has 0 amide bonds. The van der Waals surface area contributed by atoms with Crippen LogP contribution in [0.5, 0.6) is 0 Å². The van der Waals surface area contributed by atoms with Gasteiger partial charge in [-0.25, -0.2) is 9.98 Å². The van der Waals surface area contributed by atoms with E-state index in [0.717, 1.165) is 27.7 Å². The predicted octanol–water partition coefficient (Wildman–Crippen LogP) is 3.91. The molecule has 26 heavy (non-hydrogen) atoms. The molecule has 5 nitrogen and oxygen atoms in total. The number of nitrogens with one attached hydrogen (secondary N) is 2. The Morgan fingerprint density at radius 1 is 1.23 bits per heavy atom. The number of hydrogen-bond acceptors (Lipinski definition) is 4. The number of rotatable bonds is 4. The number of fused-ring (bicyclic) bond motifs is 1. The molecular formula is C19H17Cl2N5. The molecule has 3 aromatic rings. The molecule has 1 aromatic carbocycles. The molecule has 0 spiro atoms. The van der Waals surface area contributed by atoms with E-state index in [0.29, 0.717) is 11.4 Å². The number of benzene rings is 1. The number of hydrogen-bond donors (Lipinski definition) is 3. The molecule has 1 aliphatic rings. The fourth-order valence-electron chi connectivity index (χ4n) is 2.98. The van der Waals surface area contributed by atoms with Crippen molar-refractivity contribution in [3.63, 3.8) is 0 Å². The molecule has 4 N–H and O–H groups in total. The highest BCUT2D eigenvalue weighted by Crippen LogP contribution is 2.31. The summed E-state index contributed by atoms with van der Waals surface area (Å²) in [5, 5.41) is 4.26. The van der Waals surface area contributed by atoms with E-state index in [1.54, 1.807) is 12.4 Å². The molecule has 7 heteroatoms. The molecule has 0 saturated carbocycles. The van der Waals surface area contributed by atoms with Crippen LogP contribution in [0.2, 0.25) is 5.02 Å². The number of nitrogens with two attached hydrogens (primary N) is 1. The molecular weight excluding hydrogens is 369 g/mol. The molecule has 0 radical (unpaired) electrons. The zero-order valence-corrected chi connectivity index (χ0v) is 15.3. The van der Waals surface area contributed by atoms with Gasteiger partial charge in [-0.2, -0.15) is 0 Å². The Morgan fingerprint density at radius 2 is 2.04 bits per heavy atom. The first kappa shape index (κ1) is 17.1. The van der Waals surface area contributed by atoms with Crippen molar-refractivity contribution in [3.05, 3.63) is 76.7 Å². The van der Waals surface area contributed by atoms with Gasteiger partial charge in [-0.15, -0.1) is 11.6 Å². The number of allylic oxidation sites excluding steroid dienone is 1. The standard InChI is InChI=1S/C19H17Cl2N5/c20-15-7-16-14(10-23-18(16)24-11-15)6-12-8-25-19(22,26-9-12)17(21)13-4-2-1-3-5-13/h1-5,7-11,17,25H,6,22H2,(H,23,24). The number of nitrogens with zero attached hydrogens (tertiary/aromatic N) is 2. The van der Waals surface area contributed by atoms with Crippen LogP contribution < -0.4 is 11.1 Å². The average molecular weight is 386 g/mol. The molecule has 2 atom stereocenters. The predicted molar refractivity (Wildman–Crippen MR) is 106 cm³/mol. The van der Waals surface area contributed by atoms with Gasteiger partial charge in [-0.3, -0.25) is 5.73 Å². The van der Waals surface area contributed by atoms with Crippen molar-refractivity contribution in [3.8, 4) is 0 Å². The number of pyridine rings is 1. The minimum atomic E-state index is -1.09. The van der Waals surface area contributed by atoms with E-state index in [1.807, 2.05) is 48.8 Å². The van der Waals surface area contributed by atoms with Crippen LogP contribution in [0.3, 0.4) is 0 Å². The Kier molecular flexibility index (Phi) is 4.44. The van der Waals surface area contributed by atoms with Crippen LogP contribution in [0.15, 0.2) is 65.6 Å². The highest BCUT2D eigenvalue weighted by molar-refractivity contribution is 6.31. The van der Waals surface area contributed by atoms with E-state index in [9.17, 15) is 0 Å². The third-order valence-corrected chi connectivity index (χ3v) is 5.18. The van der Waals surface area contributed by atoms with Crippen molar-refractivity contribution in [2.45, 2.75) is 17.6 Å². The SMILES string of the molecule is NC1(C(Cl)c2ccccc2)N=CC(Cc2c[nH]c3ncc(Cl)cc23)=CN1. The van der Waals surface area contributed by atoms with Crippen molar-refractivity contribution in [1.29, 1.82) is 0 Å². The highest BCUT2D eigenvalue weighted by atomic mass is 35.5. The molecule has 2 aromatic heterocycles. The summed E-state index contributed by atoms with van der Waals surface area (Å²) in [6.07, 6.45) is 7.86. The normalized spacial score (nSPS) is 20.7. The van der Waals surface area contributed by atoms with Gasteiger partial charge in [0.25, 0.3) is 0 Å². The lowest BCUT2D eigenvalue weighted by Crippen LogP contribution is -2.54. The monoisotopic (exact) mass is 385 g/mol. The zero-order valence-electron chi connectivity index (χ0n) is 13.8. The summed E-state index contributed by atoms with van der Waals surface area (Å²) in [7, 11) is 0. The van der Waals surface area contributed by atoms with Gasteiger partial charge in [-0.1, -0.05) is 41.9 Å². The Labute approximate surface area is 160 Å². The largest absolute Gasteiger partial charge is 0.354 e. The fraction of sp³-hybridized carbons (Fsp3) is 0.158. The molecule has 132 valence electrons. The van der Waals surface area contributed by atoms with Gasteiger partial charge >= 0.3 is 0 Å².